The van der Waals surface area contributed by atoms with Gasteiger partial charge in [0.15, 0.2) is 5.82 Å². The smallest absolute Gasteiger partial charge is 0.162 e. The van der Waals surface area contributed by atoms with E-state index in [4.69, 9.17) is 14.4 Å². The Hall–Kier alpha value is -8.97. The standard InChI is InChI=1S/C64H42N4OS/c1-4-18-46(19-5-1)70(47-20-6-2-7-21-47,48-22-8-3-9-23-48)49-36-32-43(33-37-49)56-42-63(66-64(65-56)44-34-38-54-53-27-13-17-31-61(53)69-62(54)40-44)68-59-30-16-12-26-52(59)55-41-45(35-39-60(55)68)67-57-28-14-10-24-50(57)51-25-11-15-29-58(51)67/h1-42H. The number of hydrogen-bond acceptors (Lipinski definition) is 3. The molecule has 0 atom stereocenters. The van der Waals surface area contributed by atoms with Crippen molar-refractivity contribution in [1.29, 1.82) is 0 Å². The van der Waals surface area contributed by atoms with Gasteiger partial charge in [-0.1, -0.05) is 146 Å². The topological polar surface area (TPSA) is 48.8 Å². The SMILES string of the molecule is c1ccc(S(c2ccccc2)(c2ccccc2)c2ccc(-c3cc(-n4c5ccccc5c5cc(-n6c7ccccc7c7ccccc76)ccc54)nc(-c4ccc5c(c4)oc4ccccc45)n3)cc2)cc1. The summed E-state index contributed by atoms with van der Waals surface area (Å²) < 4.78 is 11.1. The molecule has 330 valence electrons. The lowest BCUT2D eigenvalue weighted by atomic mass is 10.1. The summed E-state index contributed by atoms with van der Waals surface area (Å²) in [5.41, 5.74) is 9.95. The van der Waals surface area contributed by atoms with Crippen LogP contribution in [0.3, 0.4) is 0 Å². The average molecular weight is 915 g/mol. The normalized spacial score (nSPS) is 12.2. The lowest BCUT2D eigenvalue weighted by molar-refractivity contribution is 0.669. The van der Waals surface area contributed by atoms with E-state index in [0.29, 0.717) is 5.82 Å². The lowest BCUT2D eigenvalue weighted by Gasteiger charge is -2.42. The molecule has 0 aliphatic rings. The molecule has 70 heavy (non-hydrogen) atoms. The number of hydrogen-bond donors (Lipinski definition) is 0. The van der Waals surface area contributed by atoms with E-state index in [2.05, 4.69) is 252 Å². The second kappa shape index (κ2) is 16.1. The molecule has 4 aromatic heterocycles. The fourth-order valence-electron chi connectivity index (χ4n) is 10.8. The number of rotatable bonds is 8. The van der Waals surface area contributed by atoms with Crippen LogP contribution in [0.1, 0.15) is 0 Å². The van der Waals surface area contributed by atoms with E-state index in [9.17, 15) is 0 Å². The second-order valence-corrected chi connectivity index (χ2v) is 20.9. The van der Waals surface area contributed by atoms with Crippen LogP contribution in [0.2, 0.25) is 0 Å². The van der Waals surface area contributed by atoms with E-state index < -0.39 is 10.0 Å². The van der Waals surface area contributed by atoms with Crippen LogP contribution in [0.5, 0.6) is 0 Å². The third-order valence-corrected chi connectivity index (χ3v) is 17.8. The number of furan rings is 1. The Kier molecular flexibility index (Phi) is 9.22. The molecule has 0 saturated heterocycles. The van der Waals surface area contributed by atoms with Gasteiger partial charge >= 0.3 is 0 Å². The van der Waals surface area contributed by atoms with Gasteiger partial charge in [0.2, 0.25) is 0 Å². The highest BCUT2D eigenvalue weighted by Crippen LogP contribution is 2.73. The van der Waals surface area contributed by atoms with Crippen molar-refractivity contribution in [3.8, 4) is 34.2 Å². The first kappa shape index (κ1) is 40.1. The van der Waals surface area contributed by atoms with Crippen molar-refractivity contribution in [3.05, 3.63) is 255 Å². The third kappa shape index (κ3) is 6.20. The predicted molar refractivity (Wildman–Crippen MR) is 289 cm³/mol. The maximum Gasteiger partial charge on any atom is 0.162 e. The van der Waals surface area contributed by atoms with Crippen LogP contribution in [0, 0.1) is 0 Å². The first-order chi connectivity index (χ1) is 34.7. The maximum absolute atomic E-state index is 6.44. The quantitative estimate of drug-likeness (QED) is 0.153. The van der Waals surface area contributed by atoms with Gasteiger partial charge in [-0.15, -0.1) is 10.0 Å². The summed E-state index contributed by atoms with van der Waals surface area (Å²) in [7, 11) is -1.88. The van der Waals surface area contributed by atoms with E-state index in [-0.39, 0.29) is 0 Å². The second-order valence-electron chi connectivity index (χ2n) is 17.7. The summed E-state index contributed by atoms with van der Waals surface area (Å²) in [5, 5.41) is 6.92. The Morgan fingerprint density at radius 3 is 1.40 bits per heavy atom. The van der Waals surface area contributed by atoms with Gasteiger partial charge in [0.05, 0.1) is 27.8 Å². The molecule has 0 aliphatic heterocycles. The molecular formula is C64H42N4OS. The highest BCUT2D eigenvalue weighted by Gasteiger charge is 2.33. The summed E-state index contributed by atoms with van der Waals surface area (Å²) in [6.07, 6.45) is 0. The average Bonchev–Trinajstić information content (AvgIpc) is 4.09. The summed E-state index contributed by atoms with van der Waals surface area (Å²) in [5.74, 6) is 1.40. The molecule has 14 rings (SSSR count). The van der Waals surface area contributed by atoms with E-state index >= 15 is 0 Å². The Morgan fingerprint density at radius 1 is 0.314 bits per heavy atom. The Labute approximate surface area is 405 Å². The van der Waals surface area contributed by atoms with Crippen LogP contribution in [-0.4, -0.2) is 19.1 Å². The number of nitrogens with zero attached hydrogens (tertiary/aromatic N) is 4. The van der Waals surface area contributed by atoms with Crippen molar-refractivity contribution < 1.29 is 4.42 Å². The molecule has 10 aromatic carbocycles. The van der Waals surface area contributed by atoms with Crippen molar-refractivity contribution in [2.75, 3.05) is 0 Å². The summed E-state index contributed by atoms with van der Waals surface area (Å²) in [6, 6.07) is 91.6. The minimum Gasteiger partial charge on any atom is -0.456 e. The molecule has 0 saturated carbocycles. The van der Waals surface area contributed by atoms with Gasteiger partial charge in [0, 0.05) is 74.8 Å². The van der Waals surface area contributed by atoms with Crippen LogP contribution in [-0.2, 0) is 0 Å². The number of para-hydroxylation sites is 4. The highest BCUT2D eigenvalue weighted by atomic mass is 32.3. The molecule has 5 nitrogen and oxygen atoms in total. The molecule has 4 heterocycles. The van der Waals surface area contributed by atoms with Crippen molar-refractivity contribution in [1.82, 2.24) is 19.1 Å². The van der Waals surface area contributed by atoms with Gasteiger partial charge < -0.3 is 8.98 Å². The zero-order chi connectivity index (χ0) is 46.2. The zero-order valence-electron chi connectivity index (χ0n) is 37.9. The molecule has 0 N–H and O–H groups in total. The van der Waals surface area contributed by atoms with Crippen LogP contribution >= 0.6 is 10.0 Å². The van der Waals surface area contributed by atoms with Crippen LogP contribution in [0.4, 0.5) is 0 Å². The number of fused-ring (bicyclic) bond motifs is 9. The minimum atomic E-state index is -1.88. The summed E-state index contributed by atoms with van der Waals surface area (Å²) >= 11 is 0. The van der Waals surface area contributed by atoms with Crippen LogP contribution in [0.15, 0.2) is 279 Å². The molecule has 0 radical (unpaired) electrons. The molecule has 14 aromatic rings. The number of aromatic nitrogens is 4. The van der Waals surface area contributed by atoms with Crippen molar-refractivity contribution in [3.63, 3.8) is 0 Å². The van der Waals surface area contributed by atoms with Crippen LogP contribution < -0.4 is 0 Å². The fourth-order valence-corrected chi connectivity index (χ4v) is 14.6. The largest absolute Gasteiger partial charge is 0.456 e. The summed E-state index contributed by atoms with van der Waals surface area (Å²) in [4.78, 5) is 16.0. The lowest BCUT2D eigenvalue weighted by Crippen LogP contribution is -2.05. The minimum absolute atomic E-state index is 0.615. The Bertz CT molecular complexity index is 4140. The molecular weight excluding hydrogens is 873 g/mol. The van der Waals surface area contributed by atoms with Crippen LogP contribution in [0.25, 0.3) is 99.7 Å². The van der Waals surface area contributed by atoms with E-state index in [1.165, 1.54) is 41.4 Å². The Balaban J connectivity index is 0.981. The van der Waals surface area contributed by atoms with Crippen molar-refractivity contribution in [2.45, 2.75) is 19.6 Å². The Morgan fingerprint density at radius 2 is 0.786 bits per heavy atom. The maximum atomic E-state index is 6.44. The fraction of sp³-hybridized carbons (Fsp3) is 0. The highest BCUT2D eigenvalue weighted by molar-refractivity contribution is 8.34. The summed E-state index contributed by atoms with van der Waals surface area (Å²) in [6.45, 7) is 0. The monoisotopic (exact) mass is 914 g/mol. The van der Waals surface area contributed by atoms with Gasteiger partial charge in [-0.2, -0.15) is 0 Å². The molecule has 0 bridgehead atoms. The molecule has 0 fully saturated rings. The predicted octanol–water partition coefficient (Wildman–Crippen LogP) is 17.2. The first-order valence-electron chi connectivity index (χ1n) is 23.6. The third-order valence-electron chi connectivity index (χ3n) is 13.9. The molecule has 0 unspecified atom stereocenters. The van der Waals surface area contributed by atoms with Gasteiger partial charge in [-0.05, 0) is 103 Å². The van der Waals surface area contributed by atoms with E-state index in [0.717, 1.165) is 72.1 Å². The van der Waals surface area contributed by atoms with Crippen molar-refractivity contribution >= 4 is 75.6 Å². The van der Waals surface area contributed by atoms with Crippen molar-refractivity contribution in [2.24, 2.45) is 0 Å². The molecule has 0 amide bonds. The molecule has 0 spiro atoms. The molecule has 6 heteroatoms. The zero-order valence-corrected chi connectivity index (χ0v) is 38.7. The first-order valence-corrected chi connectivity index (χ1v) is 25.3. The van der Waals surface area contributed by atoms with E-state index in [1.807, 2.05) is 12.1 Å². The van der Waals surface area contributed by atoms with Gasteiger partial charge in [0.1, 0.15) is 17.0 Å². The van der Waals surface area contributed by atoms with Gasteiger partial charge in [-0.3, -0.25) is 4.57 Å². The van der Waals surface area contributed by atoms with Gasteiger partial charge in [0.25, 0.3) is 0 Å². The van der Waals surface area contributed by atoms with E-state index in [1.54, 1.807) is 0 Å². The number of benzene rings is 10. The molecule has 0 aliphatic carbocycles. The van der Waals surface area contributed by atoms with Gasteiger partial charge in [-0.25, -0.2) is 9.97 Å².